The zero-order valence-electron chi connectivity index (χ0n) is 8.95. The van der Waals surface area contributed by atoms with Crippen molar-refractivity contribution in [3.63, 3.8) is 0 Å². The largest absolute Gasteiger partial charge is 0.491 e. The SMILES string of the molecule is O=C(OC(=O)C(F)(F)F)c1ccc2c(c1)CC=C2. The quantitative estimate of drug-likeness (QED) is 0.572. The number of benzene rings is 1. The van der Waals surface area contributed by atoms with Crippen molar-refractivity contribution in [3.8, 4) is 0 Å². The lowest BCUT2D eigenvalue weighted by molar-refractivity contribution is -0.193. The van der Waals surface area contributed by atoms with Crippen molar-refractivity contribution < 1.29 is 27.5 Å². The normalized spacial score (nSPS) is 13.3. The van der Waals surface area contributed by atoms with Gasteiger partial charge in [-0.25, -0.2) is 9.59 Å². The first-order chi connectivity index (χ1) is 8.38. The van der Waals surface area contributed by atoms with Gasteiger partial charge >= 0.3 is 18.1 Å². The zero-order chi connectivity index (χ0) is 13.3. The number of halogens is 3. The van der Waals surface area contributed by atoms with E-state index in [1.165, 1.54) is 12.1 Å². The van der Waals surface area contributed by atoms with Crippen LogP contribution in [0.25, 0.3) is 6.08 Å². The summed E-state index contributed by atoms with van der Waals surface area (Å²) in [6.07, 6.45) is -0.871. The van der Waals surface area contributed by atoms with E-state index in [1.54, 1.807) is 6.07 Å². The second kappa shape index (κ2) is 4.29. The molecule has 0 unspecified atom stereocenters. The van der Waals surface area contributed by atoms with Crippen LogP contribution in [0.3, 0.4) is 0 Å². The molecule has 18 heavy (non-hydrogen) atoms. The van der Waals surface area contributed by atoms with Crippen LogP contribution >= 0.6 is 0 Å². The van der Waals surface area contributed by atoms with Crippen LogP contribution in [0.2, 0.25) is 0 Å². The monoisotopic (exact) mass is 256 g/mol. The first kappa shape index (κ1) is 12.3. The molecule has 0 N–H and O–H groups in total. The van der Waals surface area contributed by atoms with Crippen molar-refractivity contribution in [1.29, 1.82) is 0 Å². The van der Waals surface area contributed by atoms with Gasteiger partial charge in [0.1, 0.15) is 0 Å². The molecule has 0 saturated carbocycles. The highest BCUT2D eigenvalue weighted by Gasteiger charge is 2.42. The van der Waals surface area contributed by atoms with E-state index in [9.17, 15) is 22.8 Å². The van der Waals surface area contributed by atoms with Crippen molar-refractivity contribution in [2.45, 2.75) is 12.6 Å². The Hall–Kier alpha value is -2.11. The van der Waals surface area contributed by atoms with Gasteiger partial charge in [0.15, 0.2) is 0 Å². The fourth-order valence-electron chi connectivity index (χ4n) is 1.59. The molecule has 3 nitrogen and oxygen atoms in total. The van der Waals surface area contributed by atoms with E-state index in [4.69, 9.17) is 0 Å². The molecular weight excluding hydrogens is 249 g/mol. The van der Waals surface area contributed by atoms with Crippen LogP contribution in [0, 0.1) is 0 Å². The summed E-state index contributed by atoms with van der Waals surface area (Å²) in [5.74, 6) is -3.81. The van der Waals surface area contributed by atoms with E-state index in [0.717, 1.165) is 11.1 Å². The minimum absolute atomic E-state index is 0.0740. The molecule has 0 aromatic heterocycles. The van der Waals surface area contributed by atoms with Crippen molar-refractivity contribution in [3.05, 3.63) is 41.0 Å². The number of esters is 2. The van der Waals surface area contributed by atoms with Gasteiger partial charge in [0, 0.05) is 0 Å². The Morgan fingerprint density at radius 1 is 1.22 bits per heavy atom. The molecule has 94 valence electrons. The minimum atomic E-state index is -5.17. The third-order valence-corrected chi connectivity index (χ3v) is 2.43. The average Bonchev–Trinajstić information content (AvgIpc) is 2.74. The first-order valence-electron chi connectivity index (χ1n) is 5.01. The Morgan fingerprint density at radius 3 is 2.61 bits per heavy atom. The van der Waals surface area contributed by atoms with E-state index in [2.05, 4.69) is 4.74 Å². The van der Waals surface area contributed by atoms with E-state index in [1.807, 2.05) is 12.2 Å². The molecule has 0 spiro atoms. The molecule has 0 radical (unpaired) electrons. The van der Waals surface area contributed by atoms with E-state index < -0.39 is 18.1 Å². The van der Waals surface area contributed by atoms with Gasteiger partial charge in [-0.2, -0.15) is 13.2 Å². The molecule has 0 aliphatic heterocycles. The smallest absolute Gasteiger partial charge is 0.383 e. The number of carbonyl (C=O) groups is 2. The number of carbonyl (C=O) groups excluding carboxylic acids is 2. The Kier molecular flexibility index (Phi) is 2.94. The van der Waals surface area contributed by atoms with Crippen LogP contribution in [0.4, 0.5) is 13.2 Å². The highest BCUT2D eigenvalue weighted by Crippen LogP contribution is 2.22. The number of ether oxygens (including phenoxy) is 1. The molecule has 1 aliphatic carbocycles. The number of alkyl halides is 3. The summed E-state index contributed by atoms with van der Waals surface area (Å²) < 4.78 is 39.5. The standard InChI is InChI=1S/C12H7F3O3/c13-12(14,15)11(17)18-10(16)9-5-4-7-2-1-3-8(7)6-9/h1-2,4-6H,3H2. The zero-order valence-corrected chi connectivity index (χ0v) is 8.95. The van der Waals surface area contributed by atoms with Crippen LogP contribution < -0.4 is 0 Å². The molecule has 1 aromatic rings. The van der Waals surface area contributed by atoms with Gasteiger partial charge in [0.2, 0.25) is 0 Å². The van der Waals surface area contributed by atoms with Gasteiger partial charge in [-0.1, -0.05) is 18.2 Å². The number of allylic oxidation sites excluding steroid dienone is 1. The second-order valence-electron chi connectivity index (χ2n) is 3.69. The van der Waals surface area contributed by atoms with Crippen molar-refractivity contribution in [1.82, 2.24) is 0 Å². The maximum Gasteiger partial charge on any atom is 0.491 e. The third-order valence-electron chi connectivity index (χ3n) is 2.43. The number of fused-ring (bicyclic) bond motifs is 1. The predicted molar refractivity (Wildman–Crippen MR) is 55.7 cm³/mol. The lowest BCUT2D eigenvalue weighted by Gasteiger charge is -2.06. The molecular formula is C12H7F3O3. The van der Waals surface area contributed by atoms with E-state index >= 15 is 0 Å². The fourth-order valence-corrected chi connectivity index (χ4v) is 1.59. The van der Waals surface area contributed by atoms with Crippen LogP contribution in [0.15, 0.2) is 24.3 Å². The molecule has 0 bridgehead atoms. The molecule has 0 saturated heterocycles. The lowest BCUT2D eigenvalue weighted by atomic mass is 10.1. The van der Waals surface area contributed by atoms with Crippen LogP contribution in [0.1, 0.15) is 21.5 Å². The van der Waals surface area contributed by atoms with Crippen molar-refractivity contribution in [2.24, 2.45) is 0 Å². The third kappa shape index (κ3) is 2.42. The molecule has 1 aromatic carbocycles. The molecule has 2 rings (SSSR count). The molecule has 0 fully saturated rings. The molecule has 0 atom stereocenters. The van der Waals surface area contributed by atoms with E-state index in [0.29, 0.717) is 6.42 Å². The fraction of sp³-hybridized carbons (Fsp3) is 0.167. The van der Waals surface area contributed by atoms with Gasteiger partial charge < -0.3 is 4.74 Å². The Balaban J connectivity index is 2.13. The highest BCUT2D eigenvalue weighted by molar-refractivity contribution is 5.98. The summed E-state index contributed by atoms with van der Waals surface area (Å²) in [6, 6.07) is 4.33. The highest BCUT2D eigenvalue weighted by atomic mass is 19.4. The molecule has 0 amide bonds. The van der Waals surface area contributed by atoms with Crippen molar-refractivity contribution in [2.75, 3.05) is 0 Å². The molecule has 1 aliphatic rings. The lowest BCUT2D eigenvalue weighted by Crippen LogP contribution is -2.28. The van der Waals surface area contributed by atoms with Gasteiger partial charge in [0.05, 0.1) is 5.56 Å². The number of hydrogen-bond acceptors (Lipinski definition) is 3. The number of hydrogen-bond donors (Lipinski definition) is 0. The van der Waals surface area contributed by atoms with Gasteiger partial charge in [-0.05, 0) is 29.7 Å². The summed E-state index contributed by atoms with van der Waals surface area (Å²) in [5.41, 5.74) is 1.63. The van der Waals surface area contributed by atoms with Crippen LogP contribution in [-0.2, 0) is 16.0 Å². The summed E-state index contributed by atoms with van der Waals surface area (Å²) in [7, 11) is 0. The Bertz CT molecular complexity index is 544. The first-order valence-corrected chi connectivity index (χ1v) is 5.01. The second-order valence-corrected chi connectivity index (χ2v) is 3.69. The van der Waals surface area contributed by atoms with Crippen LogP contribution in [0.5, 0.6) is 0 Å². The van der Waals surface area contributed by atoms with Crippen molar-refractivity contribution >= 4 is 18.0 Å². The Morgan fingerprint density at radius 2 is 1.94 bits per heavy atom. The average molecular weight is 256 g/mol. The topological polar surface area (TPSA) is 43.4 Å². The maximum atomic E-state index is 11.9. The minimum Gasteiger partial charge on any atom is -0.383 e. The van der Waals surface area contributed by atoms with Crippen LogP contribution in [-0.4, -0.2) is 18.1 Å². The molecule has 6 heteroatoms. The number of rotatable bonds is 1. The Labute approximate surface area is 99.9 Å². The summed E-state index contributed by atoms with van der Waals surface area (Å²) in [5, 5.41) is 0. The molecule has 0 heterocycles. The van der Waals surface area contributed by atoms with Gasteiger partial charge in [-0.3, -0.25) is 0 Å². The summed E-state index contributed by atoms with van der Waals surface area (Å²) >= 11 is 0. The predicted octanol–water partition coefficient (Wildman–Crippen LogP) is 2.50. The summed E-state index contributed by atoms with van der Waals surface area (Å²) in [6.45, 7) is 0. The van der Waals surface area contributed by atoms with E-state index in [-0.39, 0.29) is 5.56 Å². The summed E-state index contributed by atoms with van der Waals surface area (Å²) in [4.78, 5) is 21.8. The maximum absolute atomic E-state index is 11.9. The van der Waals surface area contributed by atoms with Gasteiger partial charge in [-0.15, -0.1) is 0 Å². The van der Waals surface area contributed by atoms with Gasteiger partial charge in [0.25, 0.3) is 0 Å².